The number of phosphoric ester groups is 2. The molecule has 0 aliphatic carbocycles. The monoisotopic (exact) mass is 1410 g/mol. The minimum absolute atomic E-state index is 0.101. The van der Waals surface area contributed by atoms with Crippen molar-refractivity contribution in [3.63, 3.8) is 0 Å². The van der Waals surface area contributed by atoms with Crippen LogP contribution in [-0.2, 0) is 65.4 Å². The lowest BCUT2D eigenvalue weighted by Crippen LogP contribution is -2.30. The van der Waals surface area contributed by atoms with Crippen LogP contribution in [0.15, 0.2) is 0 Å². The van der Waals surface area contributed by atoms with Crippen LogP contribution in [0.2, 0.25) is 0 Å². The van der Waals surface area contributed by atoms with Crippen molar-refractivity contribution in [1.29, 1.82) is 0 Å². The number of aliphatic hydroxyl groups is 1. The second kappa shape index (κ2) is 66.3. The standard InChI is InChI=1S/C77H150O17P2/c1-9-70(8)56-48-40-31-24-20-16-13-14-17-21-25-32-41-49-57-74(79)87-63-72(93-76(81)59-51-43-34-26-22-18-12-10-11-15-19-23-29-37-45-53-67(2)3)65-91-95(83,84)89-61-71(78)62-90-96(85,86)92-66-73(94-77(82)60-52-44-36-35-39-47-55-69(6)7)64-88-75(80)58-50-42-33-28-27-30-38-46-54-68(4)5/h67-73,78H,9-66H2,1-8H3,(H,83,84)(H,85,86)/t70?,71?,72-,73-/m1/s1. The Morgan fingerprint density at radius 2 is 0.500 bits per heavy atom. The average Bonchev–Trinajstić information content (AvgIpc) is 1.14. The third kappa shape index (κ3) is 69.2. The van der Waals surface area contributed by atoms with Crippen LogP contribution in [0.4, 0.5) is 0 Å². The topological polar surface area (TPSA) is 237 Å². The van der Waals surface area contributed by atoms with Gasteiger partial charge in [-0.1, -0.05) is 338 Å². The van der Waals surface area contributed by atoms with Crippen LogP contribution >= 0.6 is 15.6 Å². The van der Waals surface area contributed by atoms with Gasteiger partial charge < -0.3 is 33.8 Å². The first-order valence-electron chi connectivity index (χ1n) is 39.7. The third-order valence-electron chi connectivity index (χ3n) is 18.2. The highest BCUT2D eigenvalue weighted by molar-refractivity contribution is 7.47. The fourth-order valence-corrected chi connectivity index (χ4v) is 13.3. The van der Waals surface area contributed by atoms with E-state index in [0.717, 1.165) is 108 Å². The largest absolute Gasteiger partial charge is 0.472 e. The molecule has 17 nitrogen and oxygen atoms in total. The molecule has 570 valence electrons. The summed E-state index contributed by atoms with van der Waals surface area (Å²) in [6.45, 7) is 14.2. The molecule has 0 aromatic heterocycles. The molecule has 0 heterocycles. The lowest BCUT2D eigenvalue weighted by atomic mass is 9.99. The number of phosphoric acid groups is 2. The summed E-state index contributed by atoms with van der Waals surface area (Å²) in [5.74, 6) is 0.924. The number of unbranched alkanes of at least 4 members (excludes halogenated alkanes) is 39. The maximum Gasteiger partial charge on any atom is 0.472 e. The summed E-state index contributed by atoms with van der Waals surface area (Å²) in [7, 11) is -9.91. The van der Waals surface area contributed by atoms with Crippen molar-refractivity contribution in [2.24, 2.45) is 23.7 Å². The predicted molar refractivity (Wildman–Crippen MR) is 391 cm³/mol. The fourth-order valence-electron chi connectivity index (χ4n) is 11.7. The first-order chi connectivity index (χ1) is 46.1. The van der Waals surface area contributed by atoms with Crippen LogP contribution in [-0.4, -0.2) is 96.7 Å². The van der Waals surface area contributed by atoms with E-state index in [9.17, 15) is 43.2 Å². The molecular formula is C77H150O17P2. The van der Waals surface area contributed by atoms with Crippen LogP contribution in [0, 0.1) is 23.7 Å². The number of esters is 4. The quantitative estimate of drug-likeness (QED) is 0.0222. The normalized spacial score (nSPS) is 14.4. The van der Waals surface area contributed by atoms with Gasteiger partial charge in [-0.15, -0.1) is 0 Å². The lowest BCUT2D eigenvalue weighted by Gasteiger charge is -2.21. The summed E-state index contributed by atoms with van der Waals surface area (Å²) in [4.78, 5) is 72.8. The number of rotatable bonds is 74. The van der Waals surface area contributed by atoms with Gasteiger partial charge in [0.15, 0.2) is 12.2 Å². The maximum atomic E-state index is 13.1. The zero-order valence-corrected chi connectivity index (χ0v) is 64.8. The van der Waals surface area contributed by atoms with E-state index in [1.54, 1.807) is 0 Å². The van der Waals surface area contributed by atoms with Crippen molar-refractivity contribution in [3.8, 4) is 0 Å². The highest BCUT2D eigenvalue weighted by atomic mass is 31.2. The van der Waals surface area contributed by atoms with Gasteiger partial charge in [-0.2, -0.15) is 0 Å². The molecular weight excluding hydrogens is 1260 g/mol. The second-order valence-electron chi connectivity index (χ2n) is 29.4. The molecule has 0 aliphatic rings. The minimum atomic E-state index is -4.96. The van der Waals surface area contributed by atoms with Gasteiger partial charge in [0.25, 0.3) is 0 Å². The average molecular weight is 1410 g/mol. The van der Waals surface area contributed by atoms with E-state index in [4.69, 9.17) is 37.0 Å². The number of hydrogen-bond acceptors (Lipinski definition) is 15. The van der Waals surface area contributed by atoms with Crippen LogP contribution in [0.1, 0.15) is 389 Å². The second-order valence-corrected chi connectivity index (χ2v) is 32.3. The molecule has 0 radical (unpaired) electrons. The van der Waals surface area contributed by atoms with Gasteiger partial charge in [-0.3, -0.25) is 37.3 Å². The van der Waals surface area contributed by atoms with Crippen molar-refractivity contribution in [3.05, 3.63) is 0 Å². The highest BCUT2D eigenvalue weighted by Gasteiger charge is 2.30. The van der Waals surface area contributed by atoms with E-state index in [-0.39, 0.29) is 25.7 Å². The summed E-state index contributed by atoms with van der Waals surface area (Å²) in [6, 6.07) is 0. The molecule has 0 saturated heterocycles. The molecule has 6 atom stereocenters. The number of ether oxygens (including phenoxy) is 4. The molecule has 0 amide bonds. The van der Waals surface area contributed by atoms with Gasteiger partial charge in [0.2, 0.25) is 0 Å². The molecule has 3 N–H and O–H groups in total. The Labute approximate surface area is 588 Å². The number of aliphatic hydroxyl groups excluding tert-OH is 1. The SMILES string of the molecule is CCC(C)CCCCCCCCCCCCCCCCC(=O)OC[C@H](COP(=O)(O)OCC(O)COP(=O)(O)OC[C@@H](COC(=O)CCCCCCCCCCC(C)C)OC(=O)CCCCCCCCC(C)C)OC(=O)CCCCCCCCCCCCCCCCCC(C)C. The van der Waals surface area contributed by atoms with E-state index < -0.39 is 97.5 Å². The van der Waals surface area contributed by atoms with Gasteiger partial charge in [0.05, 0.1) is 26.4 Å². The Morgan fingerprint density at radius 3 is 0.740 bits per heavy atom. The summed E-state index contributed by atoms with van der Waals surface area (Å²) in [5, 5.41) is 10.6. The molecule has 0 aliphatic heterocycles. The molecule has 4 unspecified atom stereocenters. The molecule has 0 aromatic rings. The van der Waals surface area contributed by atoms with Crippen molar-refractivity contribution in [2.45, 2.75) is 408 Å². The van der Waals surface area contributed by atoms with Gasteiger partial charge in [0, 0.05) is 25.7 Å². The molecule has 19 heteroatoms. The van der Waals surface area contributed by atoms with Crippen molar-refractivity contribution < 1.29 is 80.2 Å². The molecule has 96 heavy (non-hydrogen) atoms. The summed E-state index contributed by atoms with van der Waals surface area (Å²) < 4.78 is 68.5. The Morgan fingerprint density at radius 1 is 0.292 bits per heavy atom. The first kappa shape index (κ1) is 94.1. The van der Waals surface area contributed by atoms with E-state index in [2.05, 4.69) is 55.4 Å². The van der Waals surface area contributed by atoms with E-state index >= 15 is 0 Å². The Hall–Kier alpha value is -1.94. The third-order valence-corrected chi connectivity index (χ3v) is 20.1. The van der Waals surface area contributed by atoms with E-state index in [0.29, 0.717) is 31.6 Å². The van der Waals surface area contributed by atoms with Crippen LogP contribution < -0.4 is 0 Å². The number of carbonyl (C=O) groups excluding carboxylic acids is 4. The molecule has 0 rings (SSSR count). The first-order valence-corrected chi connectivity index (χ1v) is 42.7. The van der Waals surface area contributed by atoms with Crippen LogP contribution in [0.25, 0.3) is 0 Å². The van der Waals surface area contributed by atoms with Gasteiger partial charge in [-0.25, -0.2) is 9.13 Å². The minimum Gasteiger partial charge on any atom is -0.462 e. The van der Waals surface area contributed by atoms with Crippen molar-refractivity contribution >= 4 is 39.5 Å². The summed E-state index contributed by atoms with van der Waals surface area (Å²) in [6.07, 6.45) is 51.6. The Bertz CT molecular complexity index is 1890. The van der Waals surface area contributed by atoms with Crippen LogP contribution in [0.3, 0.4) is 0 Å². The zero-order valence-electron chi connectivity index (χ0n) is 63.0. The van der Waals surface area contributed by atoms with Crippen LogP contribution in [0.5, 0.6) is 0 Å². The Balaban J connectivity index is 5.22. The highest BCUT2D eigenvalue weighted by Crippen LogP contribution is 2.45. The predicted octanol–water partition coefficient (Wildman–Crippen LogP) is 22.4. The molecule has 0 aromatic carbocycles. The van der Waals surface area contributed by atoms with Gasteiger partial charge in [0.1, 0.15) is 19.3 Å². The van der Waals surface area contributed by atoms with E-state index in [1.807, 2.05) is 0 Å². The van der Waals surface area contributed by atoms with Gasteiger partial charge >= 0.3 is 39.5 Å². The summed E-state index contributed by atoms with van der Waals surface area (Å²) in [5.41, 5.74) is 0. The molecule has 0 spiro atoms. The number of hydrogen-bond donors (Lipinski definition) is 3. The molecule has 0 fully saturated rings. The van der Waals surface area contributed by atoms with E-state index in [1.165, 1.54) is 193 Å². The Kier molecular flexibility index (Phi) is 65.0. The lowest BCUT2D eigenvalue weighted by molar-refractivity contribution is -0.161. The summed E-state index contributed by atoms with van der Waals surface area (Å²) >= 11 is 0. The van der Waals surface area contributed by atoms with Crippen molar-refractivity contribution in [1.82, 2.24) is 0 Å². The maximum absolute atomic E-state index is 13.1. The fraction of sp³-hybridized carbons (Fsp3) is 0.948. The smallest absolute Gasteiger partial charge is 0.462 e. The molecule has 0 bridgehead atoms. The van der Waals surface area contributed by atoms with Crippen molar-refractivity contribution in [2.75, 3.05) is 39.6 Å². The van der Waals surface area contributed by atoms with Gasteiger partial charge in [-0.05, 0) is 49.4 Å². The number of carbonyl (C=O) groups is 4. The molecule has 0 saturated carbocycles. The zero-order chi connectivity index (χ0) is 71.0.